The van der Waals surface area contributed by atoms with Crippen LogP contribution in [0.4, 0.5) is 0 Å². The molecule has 2 N–H and O–H groups in total. The first kappa shape index (κ1) is 33.9. The van der Waals surface area contributed by atoms with E-state index in [4.69, 9.17) is 14.6 Å². The molecule has 0 aromatic carbocycles. The molecule has 31 heavy (non-hydrogen) atoms. The lowest BCUT2D eigenvalue weighted by molar-refractivity contribution is 0.0265. The molecule has 0 bridgehead atoms. The quantitative estimate of drug-likeness (QED) is 0.218. The van der Waals surface area contributed by atoms with Crippen LogP contribution in [-0.2, 0) is 9.47 Å². The molecule has 0 unspecified atom stereocenters. The zero-order chi connectivity index (χ0) is 24.5. The number of rotatable bonds is 16. The van der Waals surface area contributed by atoms with Crippen LogP contribution in [0.15, 0.2) is 61.4 Å². The highest BCUT2D eigenvalue weighted by Gasteiger charge is 2.02. The van der Waals surface area contributed by atoms with E-state index in [1.54, 1.807) is 6.08 Å². The molecule has 0 fully saturated rings. The van der Waals surface area contributed by atoms with E-state index in [0.717, 1.165) is 44.1 Å². The maximum atomic E-state index is 8.50. The van der Waals surface area contributed by atoms with Gasteiger partial charge in [-0.05, 0) is 40.1 Å². The Bertz CT molecular complexity index is 484. The highest BCUT2D eigenvalue weighted by molar-refractivity contribution is 5.38. The summed E-state index contributed by atoms with van der Waals surface area (Å²) in [5.41, 5.74) is 3.18. The Kier molecular flexibility index (Phi) is 28.8. The van der Waals surface area contributed by atoms with E-state index in [1.807, 2.05) is 19.2 Å². The lowest BCUT2D eigenvalue weighted by Crippen LogP contribution is -2.34. The van der Waals surface area contributed by atoms with Crippen molar-refractivity contribution < 1.29 is 14.6 Å². The van der Waals surface area contributed by atoms with Crippen LogP contribution in [-0.4, -0.2) is 95.3 Å². The van der Waals surface area contributed by atoms with E-state index in [1.165, 1.54) is 5.57 Å². The van der Waals surface area contributed by atoms with E-state index >= 15 is 0 Å². The summed E-state index contributed by atoms with van der Waals surface area (Å²) in [5.74, 6) is 0. The molecule has 0 radical (unpaired) electrons. The van der Waals surface area contributed by atoms with Crippen molar-refractivity contribution in [2.24, 2.45) is 0 Å². The molecule has 0 heterocycles. The predicted octanol–water partition coefficient (Wildman–Crippen LogP) is 3.50. The zero-order valence-electron chi connectivity index (χ0n) is 21.1. The van der Waals surface area contributed by atoms with Crippen LogP contribution >= 0.6 is 0 Å². The fraction of sp³-hybridized carbons (Fsp3) is 0.600. The van der Waals surface area contributed by atoms with Gasteiger partial charge >= 0.3 is 0 Å². The van der Waals surface area contributed by atoms with Crippen molar-refractivity contribution in [3.05, 3.63) is 61.4 Å². The molecule has 0 aromatic heterocycles. The molecule has 0 saturated carbocycles. The second-order valence-corrected chi connectivity index (χ2v) is 6.98. The van der Waals surface area contributed by atoms with Gasteiger partial charge in [-0.1, -0.05) is 43.9 Å². The number of nitrogens with zero attached hydrogens (tertiary/aromatic N) is 2. The van der Waals surface area contributed by atoms with Crippen molar-refractivity contribution in [3.63, 3.8) is 0 Å². The normalized spacial score (nSPS) is 10.5. The topological polar surface area (TPSA) is 57.2 Å². The molecule has 0 aliphatic heterocycles. The number of hydrogen-bond acceptors (Lipinski definition) is 6. The molecule has 0 atom stereocenters. The van der Waals surface area contributed by atoms with Gasteiger partial charge in [0.1, 0.15) is 0 Å². The van der Waals surface area contributed by atoms with Gasteiger partial charge in [0.15, 0.2) is 0 Å². The van der Waals surface area contributed by atoms with Crippen molar-refractivity contribution in [2.45, 2.75) is 20.8 Å². The molecular formula is C25H49N3O3. The van der Waals surface area contributed by atoms with Gasteiger partial charge in [-0.3, -0.25) is 0 Å². The third-order valence-electron chi connectivity index (χ3n) is 3.94. The van der Waals surface area contributed by atoms with Crippen LogP contribution in [0.1, 0.15) is 20.8 Å². The van der Waals surface area contributed by atoms with Crippen molar-refractivity contribution >= 4 is 0 Å². The highest BCUT2D eigenvalue weighted by atomic mass is 16.5. The van der Waals surface area contributed by atoms with E-state index in [0.29, 0.717) is 19.8 Å². The van der Waals surface area contributed by atoms with Crippen LogP contribution in [0.25, 0.3) is 0 Å². The Labute approximate surface area is 192 Å². The SMILES string of the molecule is C=C.C=C/C(=C\C=C(C)C)C(=C)NC.CCN(CCOCCOCCO)CCN(C)C. The van der Waals surface area contributed by atoms with Crippen molar-refractivity contribution in [1.29, 1.82) is 0 Å². The molecule has 0 saturated heterocycles. The van der Waals surface area contributed by atoms with Crippen LogP contribution in [0, 0.1) is 0 Å². The molecule has 182 valence electrons. The minimum absolute atomic E-state index is 0.0775. The summed E-state index contributed by atoms with van der Waals surface area (Å²) >= 11 is 0. The molecule has 6 heteroatoms. The van der Waals surface area contributed by atoms with Crippen LogP contribution in [0.5, 0.6) is 0 Å². The van der Waals surface area contributed by atoms with Crippen molar-refractivity contribution in [3.8, 4) is 0 Å². The molecule has 0 aliphatic rings. The average Bonchev–Trinajstić information content (AvgIpc) is 2.76. The molecule has 0 aliphatic carbocycles. The summed E-state index contributed by atoms with van der Waals surface area (Å²) in [4.78, 5) is 4.56. The fourth-order valence-corrected chi connectivity index (χ4v) is 2.04. The number of allylic oxidation sites excluding steroid dienone is 4. The summed E-state index contributed by atoms with van der Waals surface area (Å²) in [5, 5.41) is 11.5. The molecular weight excluding hydrogens is 390 g/mol. The number of hydrogen-bond donors (Lipinski definition) is 2. The van der Waals surface area contributed by atoms with Crippen molar-refractivity contribution in [2.75, 3.05) is 80.4 Å². The van der Waals surface area contributed by atoms with E-state index in [9.17, 15) is 0 Å². The van der Waals surface area contributed by atoms with Gasteiger partial charge < -0.3 is 29.7 Å². The number of nitrogens with one attached hydrogen (secondary N) is 1. The van der Waals surface area contributed by atoms with Gasteiger partial charge in [-0.25, -0.2) is 0 Å². The molecule has 0 spiro atoms. The van der Waals surface area contributed by atoms with Gasteiger partial charge in [0.25, 0.3) is 0 Å². The van der Waals surface area contributed by atoms with Gasteiger partial charge in [0.05, 0.1) is 33.0 Å². The number of ether oxygens (including phenoxy) is 2. The van der Waals surface area contributed by atoms with Crippen LogP contribution in [0.3, 0.4) is 0 Å². The summed E-state index contributed by atoms with van der Waals surface area (Å²) in [6.45, 7) is 26.4. The summed E-state index contributed by atoms with van der Waals surface area (Å²) in [7, 11) is 6.02. The van der Waals surface area contributed by atoms with Crippen LogP contribution < -0.4 is 5.32 Å². The standard InChI is InChI=1S/C12H28N2O3.C11H17N.C2H4/c1-4-14(6-5-13(2)3)7-9-16-11-12-17-10-8-15;1-6-11(10(4)12-5)8-7-9(2)3;1-2/h15H,4-12H2,1-3H3;6-8,12H,1,4H2,2-3,5H3;1-2H2/b;11-8+;. The maximum Gasteiger partial charge on any atom is 0.0701 e. The second-order valence-electron chi connectivity index (χ2n) is 6.98. The fourth-order valence-electron chi connectivity index (χ4n) is 2.04. The maximum absolute atomic E-state index is 8.50. The lowest BCUT2D eigenvalue weighted by Gasteiger charge is -2.22. The van der Waals surface area contributed by atoms with Crippen LogP contribution in [0.2, 0.25) is 0 Å². The Morgan fingerprint density at radius 1 is 0.968 bits per heavy atom. The Morgan fingerprint density at radius 2 is 1.55 bits per heavy atom. The smallest absolute Gasteiger partial charge is 0.0701 e. The highest BCUT2D eigenvalue weighted by Crippen LogP contribution is 2.06. The lowest BCUT2D eigenvalue weighted by atomic mass is 10.1. The number of aliphatic hydroxyl groups excluding tert-OH is 1. The average molecular weight is 440 g/mol. The van der Waals surface area contributed by atoms with Gasteiger partial charge in [-0.2, -0.15) is 0 Å². The third-order valence-corrected chi connectivity index (χ3v) is 3.94. The summed E-state index contributed by atoms with van der Waals surface area (Å²) in [6, 6.07) is 0. The minimum Gasteiger partial charge on any atom is -0.394 e. The monoisotopic (exact) mass is 439 g/mol. The Balaban J connectivity index is -0.000000492. The van der Waals surface area contributed by atoms with Gasteiger partial charge in [0.2, 0.25) is 0 Å². The molecule has 0 rings (SSSR count). The molecule has 6 nitrogen and oxygen atoms in total. The first-order valence-electron chi connectivity index (χ1n) is 10.8. The number of likely N-dealkylation sites (N-methyl/N-ethyl adjacent to an activating group) is 3. The zero-order valence-corrected chi connectivity index (χ0v) is 21.1. The Morgan fingerprint density at radius 3 is 1.97 bits per heavy atom. The third kappa shape index (κ3) is 26.3. The Hall–Kier alpha value is -1.70. The predicted molar refractivity (Wildman–Crippen MR) is 137 cm³/mol. The largest absolute Gasteiger partial charge is 0.394 e. The van der Waals surface area contributed by atoms with E-state index in [2.05, 4.69) is 76.3 Å². The first-order valence-corrected chi connectivity index (χ1v) is 10.8. The molecule has 0 amide bonds. The minimum atomic E-state index is 0.0775. The van der Waals surface area contributed by atoms with Gasteiger partial charge in [-0.15, -0.1) is 13.2 Å². The van der Waals surface area contributed by atoms with Crippen molar-refractivity contribution in [1.82, 2.24) is 15.1 Å². The van der Waals surface area contributed by atoms with Gasteiger partial charge in [0, 0.05) is 32.4 Å². The second kappa shape index (κ2) is 26.3. The number of aliphatic hydroxyl groups is 1. The summed E-state index contributed by atoms with van der Waals surface area (Å²) in [6.07, 6.45) is 5.83. The van der Waals surface area contributed by atoms with E-state index in [-0.39, 0.29) is 6.61 Å². The van der Waals surface area contributed by atoms with E-state index < -0.39 is 0 Å². The molecule has 0 aromatic rings. The summed E-state index contributed by atoms with van der Waals surface area (Å²) < 4.78 is 10.6. The first-order chi connectivity index (χ1) is 14.8.